The first-order valence-electron chi connectivity index (χ1n) is 7.40. The number of fused-ring (bicyclic) bond motifs is 1. The first-order chi connectivity index (χ1) is 11.7. The first kappa shape index (κ1) is 15.7. The highest BCUT2D eigenvalue weighted by atomic mass is 19.1. The van der Waals surface area contributed by atoms with Gasteiger partial charge in [0.2, 0.25) is 11.8 Å². The van der Waals surface area contributed by atoms with Gasteiger partial charge in [0, 0.05) is 12.0 Å². The number of hydrogen-bond donors (Lipinski definition) is 1. The molecule has 24 heavy (non-hydrogen) atoms. The highest BCUT2D eigenvalue weighted by Gasteiger charge is 2.11. The van der Waals surface area contributed by atoms with E-state index in [9.17, 15) is 4.39 Å². The fourth-order valence-corrected chi connectivity index (χ4v) is 2.21. The van der Waals surface area contributed by atoms with Crippen molar-refractivity contribution in [3.05, 3.63) is 42.2 Å². The van der Waals surface area contributed by atoms with E-state index < -0.39 is 0 Å². The van der Waals surface area contributed by atoms with Crippen molar-refractivity contribution in [3.8, 4) is 29.0 Å². The Morgan fingerprint density at radius 1 is 1.08 bits per heavy atom. The van der Waals surface area contributed by atoms with Crippen LogP contribution in [0.1, 0.15) is 13.3 Å². The summed E-state index contributed by atoms with van der Waals surface area (Å²) in [6, 6.07) is 9.70. The van der Waals surface area contributed by atoms with Gasteiger partial charge in [-0.25, -0.2) is 14.4 Å². The van der Waals surface area contributed by atoms with Gasteiger partial charge in [0.25, 0.3) is 0 Å². The third-order valence-electron chi connectivity index (χ3n) is 3.31. The summed E-state index contributed by atoms with van der Waals surface area (Å²) in [5.74, 6) is 5.87. The SMILES string of the molecule is CC#CCCOc1nc(N)nc2ccc(-c3ccc(F)cc3)nc12. The highest BCUT2D eigenvalue weighted by Crippen LogP contribution is 2.26. The summed E-state index contributed by atoms with van der Waals surface area (Å²) in [6.07, 6.45) is 0.583. The lowest BCUT2D eigenvalue weighted by molar-refractivity contribution is 0.318. The number of anilines is 1. The third-order valence-corrected chi connectivity index (χ3v) is 3.31. The van der Waals surface area contributed by atoms with Crippen LogP contribution in [0.25, 0.3) is 22.3 Å². The predicted octanol–water partition coefficient (Wildman–Crippen LogP) is 3.21. The molecule has 0 saturated heterocycles. The second-order valence-electron chi connectivity index (χ2n) is 4.98. The van der Waals surface area contributed by atoms with E-state index in [4.69, 9.17) is 10.5 Å². The minimum atomic E-state index is -0.295. The van der Waals surface area contributed by atoms with Gasteiger partial charge in [-0.15, -0.1) is 11.8 Å². The number of nitrogen functional groups attached to an aromatic ring is 1. The molecule has 0 unspecified atom stereocenters. The molecule has 0 fully saturated rings. The van der Waals surface area contributed by atoms with Crippen molar-refractivity contribution >= 4 is 17.0 Å². The lowest BCUT2D eigenvalue weighted by Crippen LogP contribution is -2.04. The zero-order valence-electron chi connectivity index (χ0n) is 13.1. The second-order valence-corrected chi connectivity index (χ2v) is 4.98. The van der Waals surface area contributed by atoms with Crippen molar-refractivity contribution in [1.29, 1.82) is 0 Å². The molecule has 120 valence electrons. The second kappa shape index (κ2) is 6.92. The topological polar surface area (TPSA) is 73.9 Å². The van der Waals surface area contributed by atoms with Crippen molar-refractivity contribution in [2.45, 2.75) is 13.3 Å². The fraction of sp³-hybridized carbons (Fsp3) is 0.167. The van der Waals surface area contributed by atoms with Crippen LogP contribution < -0.4 is 10.5 Å². The molecule has 6 heteroatoms. The zero-order valence-corrected chi connectivity index (χ0v) is 13.1. The van der Waals surface area contributed by atoms with E-state index in [0.717, 1.165) is 5.56 Å². The van der Waals surface area contributed by atoms with E-state index in [-0.39, 0.29) is 11.8 Å². The summed E-state index contributed by atoms with van der Waals surface area (Å²) in [5, 5.41) is 0. The van der Waals surface area contributed by atoms with Gasteiger partial charge in [-0.3, -0.25) is 0 Å². The number of aromatic nitrogens is 3. The Morgan fingerprint density at radius 3 is 2.62 bits per heavy atom. The average molecular weight is 322 g/mol. The van der Waals surface area contributed by atoms with Crippen molar-refractivity contribution < 1.29 is 9.13 Å². The van der Waals surface area contributed by atoms with E-state index >= 15 is 0 Å². The van der Waals surface area contributed by atoms with Gasteiger partial charge in [-0.1, -0.05) is 0 Å². The zero-order chi connectivity index (χ0) is 16.9. The summed E-state index contributed by atoms with van der Waals surface area (Å²) in [7, 11) is 0. The van der Waals surface area contributed by atoms with Crippen LogP contribution in [0.5, 0.6) is 5.88 Å². The van der Waals surface area contributed by atoms with Crippen LogP contribution in [0.15, 0.2) is 36.4 Å². The minimum absolute atomic E-state index is 0.121. The molecule has 2 aromatic heterocycles. The Hall–Kier alpha value is -3.20. The molecule has 0 atom stereocenters. The van der Waals surface area contributed by atoms with E-state index in [0.29, 0.717) is 35.6 Å². The predicted molar refractivity (Wildman–Crippen MR) is 90.7 cm³/mol. The minimum Gasteiger partial charge on any atom is -0.475 e. The van der Waals surface area contributed by atoms with Crippen LogP contribution in [0.2, 0.25) is 0 Å². The molecule has 0 saturated carbocycles. The van der Waals surface area contributed by atoms with Crippen LogP contribution in [-0.2, 0) is 0 Å². The molecular weight excluding hydrogens is 307 g/mol. The monoisotopic (exact) mass is 322 g/mol. The number of nitrogens with two attached hydrogens (primary N) is 1. The van der Waals surface area contributed by atoms with E-state index in [1.807, 2.05) is 0 Å². The fourth-order valence-electron chi connectivity index (χ4n) is 2.21. The molecule has 3 aromatic rings. The maximum Gasteiger partial charge on any atom is 0.245 e. The molecule has 5 nitrogen and oxygen atoms in total. The van der Waals surface area contributed by atoms with Gasteiger partial charge in [0.05, 0.1) is 11.2 Å². The molecule has 0 aliphatic carbocycles. The maximum atomic E-state index is 13.1. The molecule has 0 aliphatic heterocycles. The quantitative estimate of drug-likeness (QED) is 0.590. The molecular formula is C18H15FN4O. The van der Waals surface area contributed by atoms with Gasteiger partial charge in [0.1, 0.15) is 12.4 Å². The summed E-state index contributed by atoms with van der Waals surface area (Å²) < 4.78 is 18.7. The van der Waals surface area contributed by atoms with Gasteiger partial charge >= 0.3 is 0 Å². The van der Waals surface area contributed by atoms with Gasteiger partial charge < -0.3 is 10.5 Å². The summed E-state index contributed by atoms with van der Waals surface area (Å²) in [4.78, 5) is 12.8. The maximum absolute atomic E-state index is 13.1. The van der Waals surface area contributed by atoms with Crippen molar-refractivity contribution in [2.75, 3.05) is 12.3 Å². The number of nitrogens with zero attached hydrogens (tertiary/aromatic N) is 3. The van der Waals surface area contributed by atoms with Crippen molar-refractivity contribution in [2.24, 2.45) is 0 Å². The molecule has 2 N–H and O–H groups in total. The molecule has 0 spiro atoms. The summed E-state index contributed by atoms with van der Waals surface area (Å²) in [6.45, 7) is 2.16. The van der Waals surface area contributed by atoms with E-state index in [2.05, 4.69) is 26.8 Å². The van der Waals surface area contributed by atoms with E-state index in [1.165, 1.54) is 12.1 Å². The number of halogens is 1. The number of benzene rings is 1. The Bertz CT molecular complexity index is 929. The Kier molecular flexibility index (Phi) is 4.52. The molecule has 0 bridgehead atoms. The van der Waals surface area contributed by atoms with Crippen molar-refractivity contribution in [1.82, 2.24) is 15.0 Å². The molecule has 0 radical (unpaired) electrons. The van der Waals surface area contributed by atoms with Crippen LogP contribution in [0.3, 0.4) is 0 Å². The average Bonchev–Trinajstić information content (AvgIpc) is 2.59. The first-order valence-corrected chi connectivity index (χ1v) is 7.40. The normalized spacial score (nSPS) is 10.2. The van der Waals surface area contributed by atoms with Crippen LogP contribution in [0, 0.1) is 17.7 Å². The van der Waals surface area contributed by atoms with Gasteiger partial charge in [0.15, 0.2) is 5.52 Å². The van der Waals surface area contributed by atoms with E-state index in [1.54, 1.807) is 31.2 Å². The number of rotatable bonds is 4. The molecule has 0 amide bonds. The van der Waals surface area contributed by atoms with Crippen LogP contribution in [0.4, 0.5) is 10.3 Å². The summed E-state index contributed by atoms with van der Waals surface area (Å²) in [5.41, 5.74) is 8.28. The molecule has 0 aliphatic rings. The highest BCUT2D eigenvalue weighted by molar-refractivity contribution is 5.83. The van der Waals surface area contributed by atoms with Gasteiger partial charge in [-0.2, -0.15) is 4.98 Å². The third kappa shape index (κ3) is 3.41. The largest absolute Gasteiger partial charge is 0.475 e. The van der Waals surface area contributed by atoms with Gasteiger partial charge in [-0.05, 0) is 43.3 Å². The number of hydrogen-bond acceptors (Lipinski definition) is 5. The smallest absolute Gasteiger partial charge is 0.245 e. The molecule has 3 rings (SSSR count). The Labute approximate surface area is 138 Å². The van der Waals surface area contributed by atoms with Crippen LogP contribution >= 0.6 is 0 Å². The number of ether oxygens (including phenoxy) is 1. The van der Waals surface area contributed by atoms with Crippen molar-refractivity contribution in [3.63, 3.8) is 0 Å². The molecule has 1 aromatic carbocycles. The summed E-state index contributed by atoms with van der Waals surface area (Å²) >= 11 is 0. The Morgan fingerprint density at radius 2 is 1.88 bits per heavy atom. The lowest BCUT2D eigenvalue weighted by atomic mass is 10.1. The Balaban J connectivity index is 2.01. The molecule has 2 heterocycles. The van der Waals surface area contributed by atoms with Crippen LogP contribution in [-0.4, -0.2) is 21.6 Å². The standard InChI is InChI=1S/C18H15FN4O/c1-2-3-4-11-24-17-16-15(22-18(20)23-17)10-9-14(21-16)12-5-7-13(19)8-6-12/h5-10H,4,11H2,1H3,(H2,20,22,23). The lowest BCUT2D eigenvalue weighted by Gasteiger charge is -2.08. The number of pyridine rings is 1.